The van der Waals surface area contributed by atoms with E-state index in [-0.39, 0.29) is 18.9 Å². The summed E-state index contributed by atoms with van der Waals surface area (Å²) in [4.78, 5) is 15.7. The SMILES string of the molecule is COCCCN1CCN(C(=O)CCO)CC1. The van der Waals surface area contributed by atoms with Gasteiger partial charge in [0.25, 0.3) is 0 Å². The Hall–Kier alpha value is -0.650. The molecule has 0 saturated carbocycles. The number of hydrogen-bond acceptors (Lipinski definition) is 4. The molecule has 1 aliphatic heterocycles. The van der Waals surface area contributed by atoms with Crippen LogP contribution in [0.1, 0.15) is 12.8 Å². The number of piperazine rings is 1. The molecule has 0 spiro atoms. The van der Waals surface area contributed by atoms with Crippen LogP contribution in [0.5, 0.6) is 0 Å². The summed E-state index contributed by atoms with van der Waals surface area (Å²) < 4.78 is 5.01. The van der Waals surface area contributed by atoms with Crippen LogP contribution in [-0.4, -0.2) is 73.9 Å². The van der Waals surface area contributed by atoms with Crippen molar-refractivity contribution in [3.8, 4) is 0 Å². The smallest absolute Gasteiger partial charge is 0.224 e. The van der Waals surface area contributed by atoms with E-state index in [9.17, 15) is 4.79 Å². The van der Waals surface area contributed by atoms with Crippen molar-refractivity contribution in [1.82, 2.24) is 9.80 Å². The first-order valence-corrected chi connectivity index (χ1v) is 5.88. The second-order valence-corrected chi connectivity index (χ2v) is 4.04. The summed E-state index contributed by atoms with van der Waals surface area (Å²) in [6.07, 6.45) is 1.30. The van der Waals surface area contributed by atoms with Gasteiger partial charge in [-0.1, -0.05) is 0 Å². The molecule has 1 rings (SSSR count). The summed E-state index contributed by atoms with van der Waals surface area (Å²) in [5.74, 6) is 0.0686. The number of hydrogen-bond donors (Lipinski definition) is 1. The van der Waals surface area contributed by atoms with Crippen molar-refractivity contribution in [2.75, 3.05) is 53.0 Å². The molecule has 1 aliphatic rings. The fourth-order valence-corrected chi connectivity index (χ4v) is 1.91. The molecule has 94 valence electrons. The summed E-state index contributed by atoms with van der Waals surface area (Å²) in [6.45, 7) is 5.21. The first kappa shape index (κ1) is 13.4. The monoisotopic (exact) mass is 230 g/mol. The molecule has 0 radical (unpaired) electrons. The van der Waals surface area contributed by atoms with E-state index < -0.39 is 0 Å². The third-order valence-corrected chi connectivity index (χ3v) is 2.87. The van der Waals surface area contributed by atoms with Crippen LogP contribution in [0, 0.1) is 0 Å². The molecule has 1 N–H and O–H groups in total. The van der Waals surface area contributed by atoms with Crippen molar-refractivity contribution in [3.63, 3.8) is 0 Å². The van der Waals surface area contributed by atoms with Crippen LogP contribution in [0.25, 0.3) is 0 Å². The maximum atomic E-state index is 11.5. The van der Waals surface area contributed by atoms with Gasteiger partial charge in [-0.2, -0.15) is 0 Å². The molecule has 1 heterocycles. The highest BCUT2D eigenvalue weighted by molar-refractivity contribution is 5.76. The number of nitrogens with zero attached hydrogens (tertiary/aromatic N) is 2. The number of carbonyl (C=O) groups excluding carboxylic acids is 1. The molecule has 0 aromatic rings. The Bertz CT molecular complexity index is 203. The molecule has 0 aromatic heterocycles. The predicted molar refractivity (Wildman–Crippen MR) is 61.2 cm³/mol. The summed E-state index contributed by atoms with van der Waals surface area (Å²) in [5.41, 5.74) is 0. The quantitative estimate of drug-likeness (QED) is 0.628. The average Bonchev–Trinajstić information content (AvgIpc) is 2.30. The molecule has 0 aromatic carbocycles. The number of rotatable bonds is 6. The minimum Gasteiger partial charge on any atom is -0.396 e. The average molecular weight is 230 g/mol. The molecule has 0 atom stereocenters. The van der Waals surface area contributed by atoms with Gasteiger partial charge >= 0.3 is 0 Å². The fraction of sp³-hybridized carbons (Fsp3) is 0.909. The van der Waals surface area contributed by atoms with Crippen LogP contribution in [0.2, 0.25) is 0 Å². The minimum absolute atomic E-state index is 0.0487. The van der Waals surface area contributed by atoms with Gasteiger partial charge < -0.3 is 14.7 Å². The maximum absolute atomic E-state index is 11.5. The Morgan fingerprint density at radius 2 is 2.00 bits per heavy atom. The molecular weight excluding hydrogens is 208 g/mol. The molecule has 0 aliphatic carbocycles. The minimum atomic E-state index is -0.0487. The van der Waals surface area contributed by atoms with Crippen LogP contribution >= 0.6 is 0 Å². The van der Waals surface area contributed by atoms with E-state index in [4.69, 9.17) is 9.84 Å². The number of amides is 1. The van der Waals surface area contributed by atoms with Gasteiger partial charge in [0.05, 0.1) is 6.61 Å². The largest absolute Gasteiger partial charge is 0.396 e. The summed E-state index contributed by atoms with van der Waals surface area (Å²) in [5, 5.41) is 8.69. The summed E-state index contributed by atoms with van der Waals surface area (Å²) >= 11 is 0. The molecule has 1 saturated heterocycles. The second-order valence-electron chi connectivity index (χ2n) is 4.04. The lowest BCUT2D eigenvalue weighted by atomic mass is 10.2. The zero-order chi connectivity index (χ0) is 11.8. The molecule has 1 fully saturated rings. The summed E-state index contributed by atoms with van der Waals surface area (Å²) in [6, 6.07) is 0. The van der Waals surface area contributed by atoms with Crippen molar-refractivity contribution in [2.45, 2.75) is 12.8 Å². The number of aliphatic hydroxyl groups is 1. The first-order valence-electron chi connectivity index (χ1n) is 5.88. The first-order chi connectivity index (χ1) is 7.77. The molecular formula is C11H22N2O3. The lowest BCUT2D eigenvalue weighted by Crippen LogP contribution is -2.49. The fourth-order valence-electron chi connectivity index (χ4n) is 1.91. The highest BCUT2D eigenvalue weighted by atomic mass is 16.5. The third kappa shape index (κ3) is 4.47. The van der Waals surface area contributed by atoms with Crippen molar-refractivity contribution < 1.29 is 14.6 Å². The topological polar surface area (TPSA) is 53.0 Å². The number of aliphatic hydroxyl groups excluding tert-OH is 1. The van der Waals surface area contributed by atoms with Gasteiger partial charge in [0.2, 0.25) is 5.91 Å². The van der Waals surface area contributed by atoms with Gasteiger partial charge in [0.15, 0.2) is 0 Å². The predicted octanol–water partition coefficient (Wildman–Crippen LogP) is -0.450. The second kappa shape index (κ2) is 7.60. The van der Waals surface area contributed by atoms with Crippen LogP contribution < -0.4 is 0 Å². The van der Waals surface area contributed by atoms with Gasteiger partial charge in [-0.15, -0.1) is 0 Å². The molecule has 16 heavy (non-hydrogen) atoms. The molecule has 1 amide bonds. The van der Waals surface area contributed by atoms with E-state index in [0.29, 0.717) is 0 Å². The lowest BCUT2D eigenvalue weighted by Gasteiger charge is -2.34. The van der Waals surface area contributed by atoms with Crippen LogP contribution in [0.15, 0.2) is 0 Å². The van der Waals surface area contributed by atoms with Gasteiger partial charge in [-0.3, -0.25) is 9.69 Å². The van der Waals surface area contributed by atoms with E-state index in [1.807, 2.05) is 4.90 Å². The van der Waals surface area contributed by atoms with Crippen LogP contribution in [0.3, 0.4) is 0 Å². The van der Waals surface area contributed by atoms with Crippen molar-refractivity contribution in [2.24, 2.45) is 0 Å². The van der Waals surface area contributed by atoms with Crippen molar-refractivity contribution >= 4 is 5.91 Å². The highest BCUT2D eigenvalue weighted by Gasteiger charge is 2.19. The van der Waals surface area contributed by atoms with E-state index in [1.54, 1.807) is 7.11 Å². The standard InChI is InChI=1S/C11H22N2O3/c1-16-10-2-4-12-5-7-13(8-6-12)11(15)3-9-14/h14H,2-10H2,1H3. The van der Waals surface area contributed by atoms with E-state index in [2.05, 4.69) is 4.90 Å². The van der Waals surface area contributed by atoms with Crippen molar-refractivity contribution in [3.05, 3.63) is 0 Å². The number of ether oxygens (including phenoxy) is 1. The van der Waals surface area contributed by atoms with Gasteiger partial charge in [-0.25, -0.2) is 0 Å². The Kier molecular flexibility index (Phi) is 6.37. The van der Waals surface area contributed by atoms with Gasteiger partial charge in [-0.05, 0) is 6.42 Å². The zero-order valence-electron chi connectivity index (χ0n) is 10.0. The Balaban J connectivity index is 2.15. The Morgan fingerprint density at radius 1 is 1.31 bits per heavy atom. The Labute approximate surface area is 97.0 Å². The zero-order valence-corrected chi connectivity index (χ0v) is 10.0. The number of carbonyl (C=O) groups is 1. The van der Waals surface area contributed by atoms with E-state index in [1.165, 1.54) is 0 Å². The lowest BCUT2D eigenvalue weighted by molar-refractivity contribution is -0.133. The van der Waals surface area contributed by atoms with E-state index >= 15 is 0 Å². The third-order valence-electron chi connectivity index (χ3n) is 2.87. The maximum Gasteiger partial charge on any atom is 0.224 e. The van der Waals surface area contributed by atoms with Gasteiger partial charge in [0, 0.05) is 52.9 Å². The molecule has 5 nitrogen and oxygen atoms in total. The molecule has 5 heteroatoms. The molecule has 0 bridgehead atoms. The van der Waals surface area contributed by atoms with Gasteiger partial charge in [0.1, 0.15) is 0 Å². The normalized spacial score (nSPS) is 17.8. The van der Waals surface area contributed by atoms with E-state index in [0.717, 1.165) is 45.8 Å². The number of methoxy groups -OCH3 is 1. The summed E-state index contributed by atoms with van der Waals surface area (Å²) in [7, 11) is 1.71. The van der Waals surface area contributed by atoms with Crippen LogP contribution in [-0.2, 0) is 9.53 Å². The molecule has 0 unspecified atom stereocenters. The Morgan fingerprint density at radius 3 is 2.56 bits per heavy atom. The van der Waals surface area contributed by atoms with Crippen LogP contribution in [0.4, 0.5) is 0 Å². The van der Waals surface area contributed by atoms with Crippen molar-refractivity contribution in [1.29, 1.82) is 0 Å². The highest BCUT2D eigenvalue weighted by Crippen LogP contribution is 2.04.